The van der Waals surface area contributed by atoms with Gasteiger partial charge in [-0.15, -0.1) is 11.8 Å². The second-order valence-electron chi connectivity index (χ2n) is 13.1. The van der Waals surface area contributed by atoms with Crippen molar-refractivity contribution in [1.29, 1.82) is 0 Å². The van der Waals surface area contributed by atoms with Gasteiger partial charge in [0.2, 0.25) is 0 Å². The van der Waals surface area contributed by atoms with Crippen LogP contribution in [0.5, 0.6) is 0 Å². The zero-order valence-electron chi connectivity index (χ0n) is 20.4. The molecule has 160 valence electrons. The number of hydrogen-bond donors (Lipinski definition) is 0. The Balaban J connectivity index is 1.92. The van der Waals surface area contributed by atoms with Crippen LogP contribution in [0.25, 0.3) is 0 Å². The molecule has 2 rings (SSSR count). The van der Waals surface area contributed by atoms with Gasteiger partial charge in [-0.05, 0) is 85.9 Å². The molecule has 0 aromatic rings. The molecule has 0 spiro atoms. The zero-order valence-corrected chi connectivity index (χ0v) is 21.2. The van der Waals surface area contributed by atoms with Crippen LogP contribution in [-0.4, -0.2) is 9.49 Å². The third-order valence-electron chi connectivity index (χ3n) is 8.40. The van der Waals surface area contributed by atoms with Crippen LogP contribution in [0.4, 0.5) is 0 Å². The van der Waals surface area contributed by atoms with Gasteiger partial charge in [0.25, 0.3) is 0 Å². The van der Waals surface area contributed by atoms with Gasteiger partial charge < -0.3 is 0 Å². The maximum atomic E-state index is 2.56. The predicted octanol–water partition coefficient (Wildman–Crippen LogP) is 8.98. The van der Waals surface area contributed by atoms with Crippen molar-refractivity contribution in [2.45, 2.75) is 130 Å². The Labute approximate surface area is 176 Å². The molecule has 0 aromatic heterocycles. The minimum Gasteiger partial charge on any atom is -0.149 e. The van der Waals surface area contributed by atoms with Crippen molar-refractivity contribution in [3.8, 4) is 0 Å². The largest absolute Gasteiger partial charge is 0.149 e. The average molecular weight is 395 g/mol. The van der Waals surface area contributed by atoms with Crippen LogP contribution < -0.4 is 0 Å². The van der Waals surface area contributed by atoms with Gasteiger partial charge in [0.15, 0.2) is 0 Å². The molecular weight excluding hydrogens is 344 g/mol. The molecule has 0 unspecified atom stereocenters. The maximum absolute atomic E-state index is 2.56. The molecule has 0 atom stereocenters. The smallest absolute Gasteiger partial charge is 0.0137 e. The number of thioether (sulfide) groups is 1. The minimum atomic E-state index is 0.410. The summed E-state index contributed by atoms with van der Waals surface area (Å²) in [7, 11) is 0. The molecule has 2 aliphatic carbocycles. The van der Waals surface area contributed by atoms with Crippen molar-refractivity contribution >= 4 is 11.8 Å². The Morgan fingerprint density at radius 1 is 0.407 bits per heavy atom. The standard InChI is InChI=1S/C26H50S/c1-23(2,3)19-11-15-21(16-12-19)25(7,8)27-26(9,10)22-17-13-20(14-18-22)24(4,5)6/h19-22H,11-18H2,1-10H3. The monoisotopic (exact) mass is 394 g/mol. The molecule has 0 bridgehead atoms. The maximum Gasteiger partial charge on any atom is 0.0137 e. The second kappa shape index (κ2) is 8.23. The van der Waals surface area contributed by atoms with E-state index in [0.29, 0.717) is 20.3 Å². The van der Waals surface area contributed by atoms with Gasteiger partial charge in [0.1, 0.15) is 0 Å². The minimum absolute atomic E-state index is 0.410. The van der Waals surface area contributed by atoms with Gasteiger partial charge in [-0.1, -0.05) is 69.2 Å². The van der Waals surface area contributed by atoms with Crippen LogP contribution in [0.2, 0.25) is 0 Å². The highest BCUT2D eigenvalue weighted by Gasteiger charge is 2.43. The fourth-order valence-corrected chi connectivity index (χ4v) is 8.31. The molecule has 2 saturated carbocycles. The van der Waals surface area contributed by atoms with E-state index in [2.05, 4.69) is 81.0 Å². The lowest BCUT2D eigenvalue weighted by molar-refractivity contribution is 0.133. The highest BCUT2D eigenvalue weighted by atomic mass is 32.2. The van der Waals surface area contributed by atoms with Crippen molar-refractivity contribution in [1.82, 2.24) is 0 Å². The molecule has 1 heteroatoms. The third kappa shape index (κ3) is 6.16. The topological polar surface area (TPSA) is 0 Å². The lowest BCUT2D eigenvalue weighted by atomic mass is 9.67. The first-order chi connectivity index (χ1) is 12.1. The summed E-state index contributed by atoms with van der Waals surface area (Å²) >= 11 is 2.33. The van der Waals surface area contributed by atoms with Crippen molar-refractivity contribution in [2.24, 2.45) is 34.5 Å². The Morgan fingerprint density at radius 3 is 0.852 bits per heavy atom. The average Bonchev–Trinajstić information content (AvgIpc) is 2.52. The second-order valence-corrected chi connectivity index (χ2v) is 15.4. The molecule has 0 amide bonds. The molecule has 0 radical (unpaired) electrons. The van der Waals surface area contributed by atoms with Crippen LogP contribution in [0.3, 0.4) is 0 Å². The number of hydrogen-bond acceptors (Lipinski definition) is 1. The molecule has 0 saturated heterocycles. The predicted molar refractivity (Wildman–Crippen MR) is 126 cm³/mol. The van der Waals surface area contributed by atoms with E-state index in [1.165, 1.54) is 51.4 Å². The summed E-state index contributed by atoms with van der Waals surface area (Å²) in [6.45, 7) is 24.9. The van der Waals surface area contributed by atoms with E-state index in [4.69, 9.17) is 0 Å². The van der Waals surface area contributed by atoms with Crippen molar-refractivity contribution in [2.75, 3.05) is 0 Å². The first-order valence-electron chi connectivity index (χ1n) is 11.8. The van der Waals surface area contributed by atoms with Crippen LogP contribution in [0, 0.1) is 34.5 Å². The van der Waals surface area contributed by atoms with E-state index in [0.717, 1.165) is 23.7 Å². The van der Waals surface area contributed by atoms with E-state index < -0.39 is 0 Å². The highest BCUT2D eigenvalue weighted by Crippen LogP contribution is 2.54. The van der Waals surface area contributed by atoms with E-state index in [1.54, 1.807) is 0 Å². The van der Waals surface area contributed by atoms with E-state index >= 15 is 0 Å². The Morgan fingerprint density at radius 2 is 0.630 bits per heavy atom. The lowest BCUT2D eigenvalue weighted by Crippen LogP contribution is -2.41. The van der Waals surface area contributed by atoms with E-state index in [1.807, 2.05) is 0 Å². The molecule has 0 aromatic carbocycles. The van der Waals surface area contributed by atoms with Crippen LogP contribution >= 0.6 is 11.8 Å². The van der Waals surface area contributed by atoms with Crippen molar-refractivity contribution < 1.29 is 0 Å². The highest BCUT2D eigenvalue weighted by molar-refractivity contribution is 8.01. The molecule has 0 nitrogen and oxygen atoms in total. The Kier molecular flexibility index (Phi) is 7.20. The zero-order chi connectivity index (χ0) is 20.7. The number of rotatable bonds is 4. The Hall–Kier alpha value is 0.350. The third-order valence-corrected chi connectivity index (χ3v) is 10.1. The molecule has 0 heterocycles. The summed E-state index contributed by atoms with van der Waals surface area (Å²) in [5, 5.41) is 0. The summed E-state index contributed by atoms with van der Waals surface area (Å²) in [4.78, 5) is 0. The van der Waals surface area contributed by atoms with E-state index in [-0.39, 0.29) is 0 Å². The van der Waals surface area contributed by atoms with Gasteiger partial charge >= 0.3 is 0 Å². The van der Waals surface area contributed by atoms with Gasteiger partial charge in [0.05, 0.1) is 0 Å². The van der Waals surface area contributed by atoms with Crippen LogP contribution in [0.1, 0.15) is 121 Å². The van der Waals surface area contributed by atoms with E-state index in [9.17, 15) is 0 Å². The van der Waals surface area contributed by atoms with Crippen molar-refractivity contribution in [3.63, 3.8) is 0 Å². The van der Waals surface area contributed by atoms with Gasteiger partial charge in [-0.25, -0.2) is 0 Å². The summed E-state index contributed by atoms with van der Waals surface area (Å²) in [5.74, 6) is 3.64. The molecule has 2 fully saturated rings. The lowest BCUT2D eigenvalue weighted by Gasteiger charge is -2.48. The summed E-state index contributed by atoms with van der Waals surface area (Å²) < 4.78 is 0.820. The fraction of sp³-hybridized carbons (Fsp3) is 1.00. The summed E-state index contributed by atoms with van der Waals surface area (Å²) in [6.07, 6.45) is 11.5. The van der Waals surface area contributed by atoms with Crippen molar-refractivity contribution in [3.05, 3.63) is 0 Å². The first kappa shape index (κ1) is 23.6. The summed E-state index contributed by atoms with van der Waals surface area (Å²) in [5.41, 5.74) is 0.987. The normalized spacial score (nSPS) is 31.8. The summed E-state index contributed by atoms with van der Waals surface area (Å²) in [6, 6.07) is 0. The SMILES string of the molecule is CC(C)(C)C1CCC(C(C)(C)SC(C)(C)C2CCC(C(C)(C)C)CC2)CC1. The van der Waals surface area contributed by atoms with Gasteiger partial charge in [0, 0.05) is 9.49 Å². The molecule has 27 heavy (non-hydrogen) atoms. The fourth-order valence-electron chi connectivity index (χ4n) is 6.15. The molecule has 2 aliphatic rings. The van der Waals surface area contributed by atoms with Gasteiger partial charge in [-0.2, -0.15) is 0 Å². The Bertz CT molecular complexity index is 413. The molecule has 0 aliphatic heterocycles. The quantitative estimate of drug-likeness (QED) is 0.458. The molecule has 0 N–H and O–H groups in total. The first-order valence-corrected chi connectivity index (χ1v) is 12.6. The molecular formula is C26H50S. The van der Waals surface area contributed by atoms with Crippen LogP contribution in [-0.2, 0) is 0 Å². The van der Waals surface area contributed by atoms with Gasteiger partial charge in [-0.3, -0.25) is 0 Å². The van der Waals surface area contributed by atoms with Crippen LogP contribution in [0.15, 0.2) is 0 Å².